The van der Waals surface area contributed by atoms with Crippen LogP contribution in [0.4, 0.5) is 0 Å². The number of piperidine rings is 1. The molecule has 0 saturated carbocycles. The van der Waals surface area contributed by atoms with Gasteiger partial charge < -0.3 is 10.2 Å². The van der Waals surface area contributed by atoms with E-state index in [0.717, 1.165) is 25.8 Å². The number of rotatable bonds is 3. The van der Waals surface area contributed by atoms with Crippen LogP contribution in [-0.2, 0) is 4.79 Å². The molecular formula is C9H17NO3. The summed E-state index contributed by atoms with van der Waals surface area (Å²) in [7, 11) is 0. The number of nitrogens with zero attached hydrogens (tertiary/aromatic N) is 1. The second kappa shape index (κ2) is 4.58. The SMILES string of the molecule is C[C@H](O)[C@H]1CCCCN1CC(=O)O. The molecule has 0 aromatic heterocycles. The number of aliphatic carboxylic acids is 1. The molecule has 1 heterocycles. The largest absolute Gasteiger partial charge is 0.480 e. The highest BCUT2D eigenvalue weighted by Gasteiger charge is 2.27. The molecule has 0 unspecified atom stereocenters. The third-order valence-corrected chi connectivity index (χ3v) is 2.56. The fourth-order valence-electron chi connectivity index (χ4n) is 1.93. The van der Waals surface area contributed by atoms with Crippen molar-refractivity contribution in [1.82, 2.24) is 4.90 Å². The lowest BCUT2D eigenvalue weighted by atomic mass is 9.98. The minimum atomic E-state index is -0.812. The molecule has 0 aromatic carbocycles. The number of carbonyl (C=O) groups is 1. The Morgan fingerprint density at radius 1 is 1.62 bits per heavy atom. The highest BCUT2D eigenvalue weighted by Crippen LogP contribution is 2.19. The monoisotopic (exact) mass is 187 g/mol. The van der Waals surface area contributed by atoms with Crippen molar-refractivity contribution in [2.24, 2.45) is 0 Å². The van der Waals surface area contributed by atoms with Crippen LogP contribution in [0.15, 0.2) is 0 Å². The van der Waals surface area contributed by atoms with Gasteiger partial charge in [0, 0.05) is 6.04 Å². The Balaban J connectivity index is 2.51. The van der Waals surface area contributed by atoms with Crippen molar-refractivity contribution in [2.75, 3.05) is 13.1 Å². The number of likely N-dealkylation sites (tertiary alicyclic amines) is 1. The van der Waals surface area contributed by atoms with Gasteiger partial charge in [-0.3, -0.25) is 9.69 Å². The van der Waals surface area contributed by atoms with Crippen LogP contribution in [0.25, 0.3) is 0 Å². The van der Waals surface area contributed by atoms with E-state index >= 15 is 0 Å². The number of carboxylic acids is 1. The number of aliphatic hydroxyl groups is 1. The second-order valence-corrected chi connectivity index (χ2v) is 3.67. The molecule has 0 aromatic rings. The molecule has 2 N–H and O–H groups in total. The molecular weight excluding hydrogens is 170 g/mol. The fourth-order valence-corrected chi connectivity index (χ4v) is 1.93. The molecule has 1 aliphatic heterocycles. The molecule has 0 amide bonds. The Labute approximate surface area is 78.2 Å². The maximum atomic E-state index is 10.5. The summed E-state index contributed by atoms with van der Waals surface area (Å²) in [4.78, 5) is 12.4. The summed E-state index contributed by atoms with van der Waals surface area (Å²) < 4.78 is 0. The van der Waals surface area contributed by atoms with Gasteiger partial charge >= 0.3 is 5.97 Å². The molecule has 2 atom stereocenters. The number of carboxylic acid groups (broad SMARTS) is 1. The van der Waals surface area contributed by atoms with E-state index in [1.807, 2.05) is 4.90 Å². The quantitative estimate of drug-likeness (QED) is 0.667. The van der Waals surface area contributed by atoms with Gasteiger partial charge in [0.2, 0.25) is 0 Å². The van der Waals surface area contributed by atoms with Crippen LogP contribution in [0.5, 0.6) is 0 Å². The van der Waals surface area contributed by atoms with E-state index in [1.54, 1.807) is 6.92 Å². The predicted octanol–water partition coefficient (Wildman–Crippen LogP) is 0.306. The summed E-state index contributed by atoms with van der Waals surface area (Å²) in [6.07, 6.45) is 2.60. The molecule has 1 fully saturated rings. The van der Waals surface area contributed by atoms with Gasteiger partial charge in [-0.25, -0.2) is 0 Å². The van der Waals surface area contributed by atoms with Crippen LogP contribution >= 0.6 is 0 Å². The molecule has 4 heteroatoms. The lowest BCUT2D eigenvalue weighted by Gasteiger charge is -2.36. The first-order chi connectivity index (χ1) is 6.11. The van der Waals surface area contributed by atoms with Gasteiger partial charge in [0.15, 0.2) is 0 Å². The van der Waals surface area contributed by atoms with E-state index in [9.17, 15) is 9.90 Å². The van der Waals surface area contributed by atoms with Gasteiger partial charge in [-0.15, -0.1) is 0 Å². The zero-order valence-corrected chi connectivity index (χ0v) is 7.94. The summed E-state index contributed by atoms with van der Waals surface area (Å²) >= 11 is 0. The summed E-state index contributed by atoms with van der Waals surface area (Å²) in [6, 6.07) is 0.0323. The van der Waals surface area contributed by atoms with Gasteiger partial charge in [-0.2, -0.15) is 0 Å². The predicted molar refractivity (Wildman–Crippen MR) is 48.5 cm³/mol. The maximum Gasteiger partial charge on any atom is 0.317 e. The van der Waals surface area contributed by atoms with Crippen LogP contribution < -0.4 is 0 Å². The van der Waals surface area contributed by atoms with Crippen molar-refractivity contribution in [3.05, 3.63) is 0 Å². The molecule has 1 rings (SSSR count). The number of hydrogen-bond acceptors (Lipinski definition) is 3. The minimum absolute atomic E-state index is 0.0323. The Morgan fingerprint density at radius 2 is 2.31 bits per heavy atom. The van der Waals surface area contributed by atoms with Crippen LogP contribution in [-0.4, -0.2) is 46.3 Å². The van der Waals surface area contributed by atoms with Crippen LogP contribution in [0.3, 0.4) is 0 Å². The zero-order chi connectivity index (χ0) is 9.84. The maximum absolute atomic E-state index is 10.5. The average molecular weight is 187 g/mol. The standard InChI is InChI=1S/C9H17NO3/c1-7(11)8-4-2-3-5-10(8)6-9(12)13/h7-8,11H,2-6H2,1H3,(H,12,13)/t7-,8+/m0/s1. The van der Waals surface area contributed by atoms with Crippen molar-refractivity contribution in [2.45, 2.75) is 38.3 Å². The van der Waals surface area contributed by atoms with E-state index in [4.69, 9.17) is 5.11 Å². The lowest BCUT2D eigenvalue weighted by Crippen LogP contribution is -2.47. The minimum Gasteiger partial charge on any atom is -0.480 e. The van der Waals surface area contributed by atoms with E-state index in [-0.39, 0.29) is 12.6 Å². The van der Waals surface area contributed by atoms with E-state index < -0.39 is 12.1 Å². The van der Waals surface area contributed by atoms with E-state index in [0.29, 0.717) is 0 Å². The Kier molecular flexibility index (Phi) is 3.69. The molecule has 76 valence electrons. The van der Waals surface area contributed by atoms with Gasteiger partial charge in [0.05, 0.1) is 12.6 Å². The molecule has 0 bridgehead atoms. The van der Waals surface area contributed by atoms with E-state index in [1.165, 1.54) is 0 Å². The van der Waals surface area contributed by atoms with Crippen molar-refractivity contribution in [3.8, 4) is 0 Å². The van der Waals surface area contributed by atoms with Gasteiger partial charge in [-0.05, 0) is 26.3 Å². The third kappa shape index (κ3) is 2.97. The van der Waals surface area contributed by atoms with Crippen molar-refractivity contribution >= 4 is 5.97 Å². The first kappa shape index (κ1) is 10.5. The summed E-state index contributed by atoms with van der Waals surface area (Å²) in [5, 5.41) is 18.1. The third-order valence-electron chi connectivity index (χ3n) is 2.56. The van der Waals surface area contributed by atoms with Gasteiger partial charge in [0.25, 0.3) is 0 Å². The molecule has 0 radical (unpaired) electrons. The van der Waals surface area contributed by atoms with Crippen molar-refractivity contribution in [3.63, 3.8) is 0 Å². The van der Waals surface area contributed by atoms with Crippen LogP contribution in [0.1, 0.15) is 26.2 Å². The van der Waals surface area contributed by atoms with Crippen LogP contribution in [0, 0.1) is 0 Å². The summed E-state index contributed by atoms with van der Waals surface area (Å²) in [6.45, 7) is 2.57. The molecule has 0 aliphatic carbocycles. The summed E-state index contributed by atoms with van der Waals surface area (Å²) in [5.74, 6) is -0.812. The molecule has 1 aliphatic rings. The molecule has 1 saturated heterocycles. The normalized spacial score (nSPS) is 27.1. The van der Waals surface area contributed by atoms with Gasteiger partial charge in [0.1, 0.15) is 0 Å². The smallest absolute Gasteiger partial charge is 0.317 e. The van der Waals surface area contributed by atoms with Gasteiger partial charge in [-0.1, -0.05) is 6.42 Å². The zero-order valence-electron chi connectivity index (χ0n) is 7.94. The highest BCUT2D eigenvalue weighted by molar-refractivity contribution is 5.69. The number of hydrogen-bond donors (Lipinski definition) is 2. The Morgan fingerprint density at radius 3 is 2.85 bits per heavy atom. The molecule has 13 heavy (non-hydrogen) atoms. The topological polar surface area (TPSA) is 60.8 Å². The summed E-state index contributed by atoms with van der Waals surface area (Å²) in [5.41, 5.74) is 0. The first-order valence-corrected chi connectivity index (χ1v) is 4.75. The Hall–Kier alpha value is -0.610. The average Bonchev–Trinajstić information content (AvgIpc) is 2.03. The highest BCUT2D eigenvalue weighted by atomic mass is 16.4. The second-order valence-electron chi connectivity index (χ2n) is 3.67. The fraction of sp³-hybridized carbons (Fsp3) is 0.889. The first-order valence-electron chi connectivity index (χ1n) is 4.75. The molecule has 0 spiro atoms. The van der Waals surface area contributed by atoms with Crippen LogP contribution in [0.2, 0.25) is 0 Å². The lowest BCUT2D eigenvalue weighted by molar-refractivity contribution is -0.140. The molecule has 4 nitrogen and oxygen atoms in total. The van der Waals surface area contributed by atoms with Crippen molar-refractivity contribution < 1.29 is 15.0 Å². The number of aliphatic hydroxyl groups excluding tert-OH is 1. The van der Waals surface area contributed by atoms with Crippen molar-refractivity contribution in [1.29, 1.82) is 0 Å². The van der Waals surface area contributed by atoms with E-state index in [2.05, 4.69) is 0 Å². The Bertz CT molecular complexity index is 182.